The van der Waals surface area contributed by atoms with Crippen molar-refractivity contribution in [1.29, 1.82) is 0 Å². The Balaban J connectivity index is 2.72. The first-order valence-corrected chi connectivity index (χ1v) is 5.16. The number of aromatic nitrogens is 2. The summed E-state index contributed by atoms with van der Waals surface area (Å²) in [6.07, 6.45) is 1.19. The number of hydrogen-bond acceptors (Lipinski definition) is 3. The van der Waals surface area contributed by atoms with Gasteiger partial charge in [-0.15, -0.1) is 11.8 Å². The lowest BCUT2D eigenvalue weighted by Crippen LogP contribution is -1.92. The van der Waals surface area contributed by atoms with Crippen LogP contribution >= 0.6 is 11.8 Å². The van der Waals surface area contributed by atoms with Gasteiger partial charge < -0.3 is 0 Å². The molecule has 0 amide bonds. The minimum Gasteiger partial charge on any atom is -0.238 e. The molecular formula is C9H14N2S. The Bertz CT molecular complexity index is 240. The molecule has 0 spiro atoms. The van der Waals surface area contributed by atoms with E-state index in [0.717, 1.165) is 22.3 Å². The number of aryl methyl sites for hydroxylation is 2. The summed E-state index contributed by atoms with van der Waals surface area (Å²) >= 11 is 1.80. The van der Waals surface area contributed by atoms with E-state index >= 15 is 0 Å². The predicted octanol–water partition coefficient (Wildman–Crippen LogP) is 2.60. The molecular weight excluding hydrogens is 168 g/mol. The second-order valence-electron chi connectivity index (χ2n) is 2.74. The van der Waals surface area contributed by atoms with E-state index in [-0.39, 0.29) is 0 Å². The van der Waals surface area contributed by atoms with Gasteiger partial charge in [-0.05, 0) is 32.1 Å². The van der Waals surface area contributed by atoms with Crippen molar-refractivity contribution in [2.24, 2.45) is 0 Å². The summed E-state index contributed by atoms with van der Waals surface area (Å²) in [5, 5.41) is 1.10. The maximum atomic E-state index is 4.32. The molecule has 0 unspecified atom stereocenters. The molecule has 3 heteroatoms. The fourth-order valence-corrected chi connectivity index (χ4v) is 1.83. The van der Waals surface area contributed by atoms with Gasteiger partial charge in [0.1, 0.15) is 5.82 Å². The molecule has 1 aromatic heterocycles. The molecule has 0 fully saturated rings. The standard InChI is InChI=1S/C9H14N2S/c1-4-5-12-9-6-7(2)10-8(3)11-9/h6H,4-5H2,1-3H3. The molecule has 0 N–H and O–H groups in total. The summed E-state index contributed by atoms with van der Waals surface area (Å²) in [6, 6.07) is 2.04. The van der Waals surface area contributed by atoms with E-state index < -0.39 is 0 Å². The van der Waals surface area contributed by atoms with Crippen molar-refractivity contribution in [2.75, 3.05) is 5.75 Å². The fourth-order valence-electron chi connectivity index (χ4n) is 0.964. The third-order valence-electron chi connectivity index (χ3n) is 1.40. The average Bonchev–Trinajstić information content (AvgIpc) is 1.99. The van der Waals surface area contributed by atoms with Crippen LogP contribution < -0.4 is 0 Å². The molecule has 0 saturated carbocycles. The largest absolute Gasteiger partial charge is 0.238 e. The summed E-state index contributed by atoms with van der Waals surface area (Å²) in [5.41, 5.74) is 1.06. The average molecular weight is 182 g/mol. The van der Waals surface area contributed by atoms with E-state index in [1.165, 1.54) is 6.42 Å². The lowest BCUT2D eigenvalue weighted by molar-refractivity contribution is 0.934. The van der Waals surface area contributed by atoms with E-state index in [1.54, 1.807) is 11.8 Å². The minimum absolute atomic E-state index is 0.869. The van der Waals surface area contributed by atoms with Crippen LogP contribution in [0.2, 0.25) is 0 Å². The Labute approximate surface area is 77.8 Å². The zero-order chi connectivity index (χ0) is 8.97. The molecule has 0 aliphatic carbocycles. The highest BCUT2D eigenvalue weighted by molar-refractivity contribution is 7.99. The van der Waals surface area contributed by atoms with E-state index in [2.05, 4.69) is 16.9 Å². The Morgan fingerprint density at radius 3 is 2.67 bits per heavy atom. The van der Waals surface area contributed by atoms with Gasteiger partial charge in [0.15, 0.2) is 0 Å². The van der Waals surface area contributed by atoms with Crippen LogP contribution in [0.1, 0.15) is 24.9 Å². The number of rotatable bonds is 3. The quantitative estimate of drug-likeness (QED) is 0.531. The van der Waals surface area contributed by atoms with Gasteiger partial charge in [0.25, 0.3) is 0 Å². The molecule has 0 saturated heterocycles. The van der Waals surface area contributed by atoms with Gasteiger partial charge in [-0.25, -0.2) is 9.97 Å². The zero-order valence-electron chi connectivity index (χ0n) is 7.79. The molecule has 0 aromatic carbocycles. The first-order valence-electron chi connectivity index (χ1n) is 4.17. The Hall–Kier alpha value is -0.570. The zero-order valence-corrected chi connectivity index (χ0v) is 8.61. The van der Waals surface area contributed by atoms with Gasteiger partial charge in [-0.2, -0.15) is 0 Å². The highest BCUT2D eigenvalue weighted by Crippen LogP contribution is 2.16. The van der Waals surface area contributed by atoms with Crippen LogP contribution in [0, 0.1) is 13.8 Å². The van der Waals surface area contributed by atoms with Crippen LogP contribution in [0.3, 0.4) is 0 Å². The number of hydrogen-bond donors (Lipinski definition) is 0. The summed E-state index contributed by atoms with van der Waals surface area (Å²) in [5.74, 6) is 2.00. The molecule has 66 valence electrons. The third kappa shape index (κ3) is 2.81. The fraction of sp³-hybridized carbons (Fsp3) is 0.556. The SMILES string of the molecule is CCCSc1cc(C)nc(C)n1. The van der Waals surface area contributed by atoms with E-state index in [4.69, 9.17) is 0 Å². The van der Waals surface area contributed by atoms with Crippen molar-refractivity contribution in [2.45, 2.75) is 32.2 Å². The van der Waals surface area contributed by atoms with Crippen LogP contribution in [-0.2, 0) is 0 Å². The Kier molecular flexibility index (Phi) is 3.53. The second-order valence-corrected chi connectivity index (χ2v) is 3.86. The molecule has 1 aromatic rings. The van der Waals surface area contributed by atoms with Gasteiger partial charge in [0.05, 0.1) is 5.03 Å². The van der Waals surface area contributed by atoms with Crippen molar-refractivity contribution in [1.82, 2.24) is 9.97 Å². The maximum absolute atomic E-state index is 4.32. The Morgan fingerprint density at radius 1 is 1.33 bits per heavy atom. The highest BCUT2D eigenvalue weighted by atomic mass is 32.2. The predicted molar refractivity (Wildman–Crippen MR) is 52.5 cm³/mol. The first kappa shape index (κ1) is 9.52. The summed E-state index contributed by atoms with van der Waals surface area (Å²) in [7, 11) is 0. The molecule has 0 bridgehead atoms. The number of nitrogens with zero attached hydrogens (tertiary/aromatic N) is 2. The van der Waals surface area contributed by atoms with E-state index in [0.29, 0.717) is 0 Å². The summed E-state index contributed by atoms with van der Waals surface area (Å²) in [6.45, 7) is 6.11. The lowest BCUT2D eigenvalue weighted by atomic mass is 10.4. The second kappa shape index (κ2) is 4.45. The summed E-state index contributed by atoms with van der Waals surface area (Å²) in [4.78, 5) is 8.54. The topological polar surface area (TPSA) is 25.8 Å². The first-order chi connectivity index (χ1) is 5.72. The maximum Gasteiger partial charge on any atom is 0.126 e. The summed E-state index contributed by atoms with van der Waals surface area (Å²) < 4.78 is 0. The lowest BCUT2D eigenvalue weighted by Gasteiger charge is -2.01. The highest BCUT2D eigenvalue weighted by Gasteiger charge is 1.97. The molecule has 0 aliphatic rings. The molecule has 0 radical (unpaired) electrons. The minimum atomic E-state index is 0.869. The van der Waals surface area contributed by atoms with Crippen molar-refractivity contribution < 1.29 is 0 Å². The van der Waals surface area contributed by atoms with E-state index in [1.807, 2.05) is 19.9 Å². The van der Waals surface area contributed by atoms with Crippen molar-refractivity contribution in [3.8, 4) is 0 Å². The van der Waals surface area contributed by atoms with Gasteiger partial charge in [-0.3, -0.25) is 0 Å². The van der Waals surface area contributed by atoms with Crippen molar-refractivity contribution in [3.63, 3.8) is 0 Å². The van der Waals surface area contributed by atoms with Crippen LogP contribution in [0.15, 0.2) is 11.1 Å². The molecule has 0 aliphatic heterocycles. The van der Waals surface area contributed by atoms with Crippen molar-refractivity contribution in [3.05, 3.63) is 17.6 Å². The third-order valence-corrected chi connectivity index (χ3v) is 2.51. The smallest absolute Gasteiger partial charge is 0.126 e. The molecule has 2 nitrogen and oxygen atoms in total. The molecule has 12 heavy (non-hydrogen) atoms. The monoisotopic (exact) mass is 182 g/mol. The molecule has 1 heterocycles. The van der Waals surface area contributed by atoms with Gasteiger partial charge in [0, 0.05) is 5.69 Å². The van der Waals surface area contributed by atoms with E-state index in [9.17, 15) is 0 Å². The van der Waals surface area contributed by atoms with Crippen molar-refractivity contribution >= 4 is 11.8 Å². The van der Waals surface area contributed by atoms with Gasteiger partial charge in [0.2, 0.25) is 0 Å². The number of thioether (sulfide) groups is 1. The van der Waals surface area contributed by atoms with Crippen LogP contribution in [0.5, 0.6) is 0 Å². The van der Waals surface area contributed by atoms with Crippen LogP contribution in [0.25, 0.3) is 0 Å². The molecule has 1 rings (SSSR count). The Morgan fingerprint density at radius 2 is 2.08 bits per heavy atom. The van der Waals surface area contributed by atoms with Crippen LogP contribution in [-0.4, -0.2) is 15.7 Å². The molecule has 0 atom stereocenters. The van der Waals surface area contributed by atoms with Crippen LogP contribution in [0.4, 0.5) is 0 Å². The normalized spacial score (nSPS) is 10.2. The van der Waals surface area contributed by atoms with Gasteiger partial charge in [-0.1, -0.05) is 6.92 Å². The van der Waals surface area contributed by atoms with Gasteiger partial charge >= 0.3 is 0 Å².